The van der Waals surface area contributed by atoms with Crippen molar-refractivity contribution in [2.45, 2.75) is 25.3 Å². The van der Waals surface area contributed by atoms with Crippen LogP contribution in [-0.4, -0.2) is 24.4 Å². The average molecular weight is 301 g/mol. The summed E-state index contributed by atoms with van der Waals surface area (Å²) in [6.07, 6.45) is 1.24. The largest absolute Gasteiger partial charge is 0.354 e. The fourth-order valence-corrected chi connectivity index (χ4v) is 2.53. The first kappa shape index (κ1) is 14.2. The second kappa shape index (κ2) is 6.26. The first-order chi connectivity index (χ1) is 9.06. The van der Waals surface area contributed by atoms with E-state index in [1.807, 2.05) is 0 Å². The third-order valence-corrected chi connectivity index (χ3v) is 3.74. The molecule has 0 aromatic heterocycles. The number of carbonyl (C=O) groups is 2. The van der Waals surface area contributed by atoms with E-state index in [1.165, 1.54) is 0 Å². The van der Waals surface area contributed by atoms with Gasteiger partial charge in [-0.3, -0.25) is 9.59 Å². The lowest BCUT2D eigenvalue weighted by Gasteiger charge is -2.23. The van der Waals surface area contributed by atoms with E-state index in [0.717, 1.165) is 0 Å². The summed E-state index contributed by atoms with van der Waals surface area (Å²) in [4.78, 5) is 22.9. The Labute approximate surface area is 121 Å². The lowest BCUT2D eigenvalue weighted by Crippen LogP contribution is -2.48. The molecule has 1 saturated heterocycles. The predicted octanol–water partition coefficient (Wildman–Crippen LogP) is 1.93. The standard InChI is InChI=1S/C13H14Cl2N2O2/c14-10-2-1-3-11(15)9(10)6-13(19)17-8-4-5-12(18)16-7-8/h1-3,8H,4-7H2,(H,16,18)(H,17,19). The van der Waals surface area contributed by atoms with Crippen molar-refractivity contribution in [2.24, 2.45) is 0 Å². The molecule has 1 aliphatic rings. The normalized spacial score (nSPS) is 18.8. The minimum atomic E-state index is -0.142. The van der Waals surface area contributed by atoms with Crippen LogP contribution >= 0.6 is 23.2 Å². The highest BCUT2D eigenvalue weighted by molar-refractivity contribution is 6.36. The van der Waals surface area contributed by atoms with Crippen LogP contribution < -0.4 is 10.6 Å². The zero-order valence-electron chi connectivity index (χ0n) is 10.2. The number of amides is 2. The Bertz CT molecular complexity index is 475. The van der Waals surface area contributed by atoms with Crippen LogP contribution in [0.4, 0.5) is 0 Å². The van der Waals surface area contributed by atoms with E-state index in [4.69, 9.17) is 23.2 Å². The smallest absolute Gasteiger partial charge is 0.224 e. The van der Waals surface area contributed by atoms with Crippen molar-refractivity contribution in [1.29, 1.82) is 0 Å². The zero-order chi connectivity index (χ0) is 13.8. The molecule has 0 bridgehead atoms. The number of carbonyl (C=O) groups excluding carboxylic acids is 2. The van der Waals surface area contributed by atoms with Crippen LogP contribution in [-0.2, 0) is 16.0 Å². The lowest BCUT2D eigenvalue weighted by molar-refractivity contribution is -0.125. The molecular weight excluding hydrogens is 287 g/mol. The summed E-state index contributed by atoms with van der Waals surface area (Å²) in [6, 6.07) is 5.13. The highest BCUT2D eigenvalue weighted by Crippen LogP contribution is 2.24. The molecule has 102 valence electrons. The Morgan fingerprint density at radius 2 is 2.05 bits per heavy atom. The molecular formula is C13H14Cl2N2O2. The Morgan fingerprint density at radius 1 is 1.37 bits per heavy atom. The Balaban J connectivity index is 1.92. The molecule has 4 nitrogen and oxygen atoms in total. The van der Waals surface area contributed by atoms with Crippen molar-refractivity contribution in [2.75, 3.05) is 6.54 Å². The Hall–Kier alpha value is -1.26. The van der Waals surface area contributed by atoms with Crippen LogP contribution in [0.3, 0.4) is 0 Å². The van der Waals surface area contributed by atoms with E-state index >= 15 is 0 Å². The second-order valence-electron chi connectivity index (χ2n) is 4.48. The van der Waals surface area contributed by atoms with Gasteiger partial charge in [0.25, 0.3) is 0 Å². The summed E-state index contributed by atoms with van der Waals surface area (Å²) in [5.41, 5.74) is 0.628. The molecule has 2 rings (SSSR count). The van der Waals surface area contributed by atoms with Crippen LogP contribution in [0.2, 0.25) is 10.0 Å². The van der Waals surface area contributed by atoms with Crippen LogP contribution in [0, 0.1) is 0 Å². The second-order valence-corrected chi connectivity index (χ2v) is 5.30. The molecule has 2 N–H and O–H groups in total. The van der Waals surface area contributed by atoms with Crippen molar-refractivity contribution in [3.05, 3.63) is 33.8 Å². The molecule has 0 saturated carbocycles. The van der Waals surface area contributed by atoms with E-state index in [2.05, 4.69) is 10.6 Å². The van der Waals surface area contributed by atoms with E-state index < -0.39 is 0 Å². The van der Waals surface area contributed by atoms with Gasteiger partial charge in [-0.05, 0) is 24.1 Å². The monoisotopic (exact) mass is 300 g/mol. The van der Waals surface area contributed by atoms with Crippen molar-refractivity contribution in [3.63, 3.8) is 0 Å². The predicted molar refractivity (Wildman–Crippen MR) is 74.3 cm³/mol. The van der Waals surface area contributed by atoms with Crippen LogP contribution in [0.1, 0.15) is 18.4 Å². The number of halogens is 2. The summed E-state index contributed by atoms with van der Waals surface area (Å²) < 4.78 is 0. The van der Waals surface area contributed by atoms with Gasteiger partial charge in [-0.2, -0.15) is 0 Å². The van der Waals surface area contributed by atoms with Crippen molar-refractivity contribution in [1.82, 2.24) is 10.6 Å². The first-order valence-electron chi connectivity index (χ1n) is 6.05. The van der Waals surface area contributed by atoms with Gasteiger partial charge in [0.1, 0.15) is 0 Å². The van der Waals surface area contributed by atoms with Crippen molar-refractivity contribution < 1.29 is 9.59 Å². The zero-order valence-corrected chi connectivity index (χ0v) is 11.7. The summed E-state index contributed by atoms with van der Waals surface area (Å²) in [6.45, 7) is 0.473. The first-order valence-corrected chi connectivity index (χ1v) is 6.81. The highest BCUT2D eigenvalue weighted by atomic mass is 35.5. The maximum absolute atomic E-state index is 11.9. The van der Waals surface area contributed by atoms with Crippen LogP contribution in [0.5, 0.6) is 0 Å². The lowest BCUT2D eigenvalue weighted by atomic mass is 10.1. The highest BCUT2D eigenvalue weighted by Gasteiger charge is 2.20. The molecule has 0 radical (unpaired) electrons. The fourth-order valence-electron chi connectivity index (χ4n) is 2.00. The Morgan fingerprint density at radius 3 is 2.63 bits per heavy atom. The van der Waals surface area contributed by atoms with Gasteiger partial charge < -0.3 is 10.6 Å². The van der Waals surface area contributed by atoms with Gasteiger partial charge in [-0.15, -0.1) is 0 Å². The van der Waals surface area contributed by atoms with Crippen molar-refractivity contribution >= 4 is 35.0 Å². The van der Waals surface area contributed by atoms with E-state index in [1.54, 1.807) is 18.2 Å². The third-order valence-electron chi connectivity index (χ3n) is 3.03. The third kappa shape index (κ3) is 3.85. The van der Waals surface area contributed by atoms with Gasteiger partial charge >= 0.3 is 0 Å². The number of rotatable bonds is 3. The van der Waals surface area contributed by atoms with Gasteiger partial charge in [-0.25, -0.2) is 0 Å². The average Bonchev–Trinajstić information content (AvgIpc) is 2.37. The fraction of sp³-hybridized carbons (Fsp3) is 0.385. The molecule has 1 unspecified atom stereocenters. The molecule has 1 atom stereocenters. The molecule has 1 aromatic carbocycles. The number of hydrogen-bond acceptors (Lipinski definition) is 2. The van der Waals surface area contributed by atoms with Crippen LogP contribution in [0.15, 0.2) is 18.2 Å². The molecule has 6 heteroatoms. The maximum Gasteiger partial charge on any atom is 0.224 e. The minimum Gasteiger partial charge on any atom is -0.354 e. The summed E-state index contributed by atoms with van der Waals surface area (Å²) in [5, 5.41) is 6.56. The van der Waals surface area contributed by atoms with Gasteiger partial charge in [0.05, 0.1) is 6.42 Å². The topological polar surface area (TPSA) is 58.2 Å². The SMILES string of the molecule is O=C1CCC(NC(=O)Cc2c(Cl)cccc2Cl)CN1. The molecule has 0 spiro atoms. The molecule has 1 aromatic rings. The van der Waals surface area contributed by atoms with Gasteiger partial charge in [0.2, 0.25) is 11.8 Å². The number of benzene rings is 1. The van der Waals surface area contributed by atoms with E-state index in [-0.39, 0.29) is 24.3 Å². The summed E-state index contributed by atoms with van der Waals surface area (Å²) in [7, 11) is 0. The maximum atomic E-state index is 11.9. The van der Waals surface area contributed by atoms with Crippen LogP contribution in [0.25, 0.3) is 0 Å². The Kier molecular flexibility index (Phi) is 4.66. The number of piperidine rings is 1. The molecule has 19 heavy (non-hydrogen) atoms. The van der Waals surface area contributed by atoms with Crippen molar-refractivity contribution in [3.8, 4) is 0 Å². The molecule has 1 heterocycles. The molecule has 1 fully saturated rings. The van der Waals surface area contributed by atoms with Gasteiger partial charge in [0.15, 0.2) is 0 Å². The molecule has 1 aliphatic heterocycles. The van der Waals surface area contributed by atoms with Gasteiger partial charge in [-0.1, -0.05) is 29.3 Å². The summed E-state index contributed by atoms with van der Waals surface area (Å²) >= 11 is 12.0. The number of hydrogen-bond donors (Lipinski definition) is 2. The minimum absolute atomic E-state index is 0.0218. The molecule has 0 aliphatic carbocycles. The quantitative estimate of drug-likeness (QED) is 0.896. The van der Waals surface area contributed by atoms with Gasteiger partial charge in [0, 0.05) is 29.1 Å². The van der Waals surface area contributed by atoms with E-state index in [0.29, 0.717) is 35.0 Å². The summed E-state index contributed by atoms with van der Waals surface area (Å²) in [5.74, 6) is -0.115. The van der Waals surface area contributed by atoms with E-state index in [9.17, 15) is 9.59 Å². The molecule has 2 amide bonds. The number of nitrogens with one attached hydrogen (secondary N) is 2.